The molecule has 0 unspecified atom stereocenters. The van der Waals surface area contributed by atoms with E-state index in [0.717, 1.165) is 17.3 Å². The van der Waals surface area contributed by atoms with Gasteiger partial charge in [0.2, 0.25) is 0 Å². The van der Waals surface area contributed by atoms with Crippen molar-refractivity contribution >= 4 is 5.82 Å². The molecule has 88 valence electrons. The zero-order valence-corrected chi connectivity index (χ0v) is 10.6. The maximum atomic E-state index is 4.57. The van der Waals surface area contributed by atoms with Crippen molar-refractivity contribution in [2.75, 3.05) is 32.6 Å². The lowest BCUT2D eigenvalue weighted by molar-refractivity contribution is 0.311. The maximum Gasteiger partial charge on any atom is 0.132 e. The predicted octanol–water partition coefficient (Wildman–Crippen LogP) is 1.62. The van der Waals surface area contributed by atoms with Gasteiger partial charge in [-0.15, -0.1) is 0 Å². The van der Waals surface area contributed by atoms with E-state index in [1.54, 1.807) is 0 Å². The van der Waals surface area contributed by atoms with Gasteiger partial charge in [-0.1, -0.05) is 0 Å². The molecular formula is C12H20N4. The predicted molar refractivity (Wildman–Crippen MR) is 65.7 cm³/mol. The molecule has 2 rings (SSSR count). The van der Waals surface area contributed by atoms with Crippen molar-refractivity contribution in [1.29, 1.82) is 0 Å². The van der Waals surface area contributed by atoms with Gasteiger partial charge in [-0.25, -0.2) is 9.97 Å². The smallest absolute Gasteiger partial charge is 0.132 e. The van der Waals surface area contributed by atoms with Crippen LogP contribution in [0, 0.1) is 6.92 Å². The summed E-state index contributed by atoms with van der Waals surface area (Å²) in [7, 11) is 6.21. The third kappa shape index (κ3) is 2.16. The largest absolute Gasteiger partial charge is 0.363 e. The van der Waals surface area contributed by atoms with E-state index in [9.17, 15) is 0 Å². The Balaban J connectivity index is 2.33. The minimum Gasteiger partial charge on any atom is -0.363 e. The van der Waals surface area contributed by atoms with Gasteiger partial charge in [-0.3, -0.25) is 4.90 Å². The van der Waals surface area contributed by atoms with Crippen molar-refractivity contribution in [2.45, 2.75) is 25.8 Å². The van der Waals surface area contributed by atoms with Crippen LogP contribution < -0.4 is 4.90 Å². The summed E-state index contributed by atoms with van der Waals surface area (Å²) in [6, 6.07) is 2.58. The highest BCUT2D eigenvalue weighted by Crippen LogP contribution is 2.30. The quantitative estimate of drug-likeness (QED) is 0.758. The molecule has 0 saturated carbocycles. The normalized spacial score (nSPS) is 21.4. The van der Waals surface area contributed by atoms with Crippen LogP contribution in [-0.2, 0) is 0 Å². The molecule has 0 aliphatic carbocycles. The first-order valence-electron chi connectivity index (χ1n) is 5.81. The summed E-state index contributed by atoms with van der Waals surface area (Å²) in [4.78, 5) is 13.4. The molecule has 1 aliphatic heterocycles. The monoisotopic (exact) mass is 220 g/mol. The standard InChI is InChI=1S/C12H20N4/c1-9-13-10(8-12(14-9)15(2)3)11-6-5-7-16(11)4/h8,11H,5-7H2,1-4H3/t11-/m1/s1. The fraction of sp³-hybridized carbons (Fsp3) is 0.667. The Hall–Kier alpha value is -1.16. The molecule has 0 bridgehead atoms. The highest BCUT2D eigenvalue weighted by molar-refractivity contribution is 5.38. The topological polar surface area (TPSA) is 32.3 Å². The minimum absolute atomic E-state index is 0.473. The van der Waals surface area contributed by atoms with Crippen molar-refractivity contribution < 1.29 is 0 Å². The van der Waals surface area contributed by atoms with Crippen LogP contribution in [0.5, 0.6) is 0 Å². The van der Waals surface area contributed by atoms with E-state index in [2.05, 4.69) is 28.0 Å². The Morgan fingerprint density at radius 2 is 2.12 bits per heavy atom. The summed E-state index contributed by atoms with van der Waals surface area (Å²) in [6.45, 7) is 3.14. The van der Waals surface area contributed by atoms with E-state index >= 15 is 0 Å². The Morgan fingerprint density at radius 1 is 1.38 bits per heavy atom. The van der Waals surface area contributed by atoms with E-state index in [0.29, 0.717) is 6.04 Å². The molecule has 2 heterocycles. The second-order valence-corrected chi connectivity index (χ2v) is 4.73. The van der Waals surface area contributed by atoms with E-state index < -0.39 is 0 Å². The van der Waals surface area contributed by atoms with Crippen LogP contribution in [0.1, 0.15) is 30.4 Å². The van der Waals surface area contributed by atoms with E-state index in [1.807, 2.05) is 25.9 Å². The Kier molecular flexibility index (Phi) is 3.10. The third-order valence-corrected chi connectivity index (χ3v) is 3.16. The summed E-state index contributed by atoms with van der Waals surface area (Å²) in [5.41, 5.74) is 1.16. The molecule has 1 aromatic heterocycles. The van der Waals surface area contributed by atoms with Crippen LogP contribution in [0.2, 0.25) is 0 Å². The van der Waals surface area contributed by atoms with Crippen molar-refractivity contribution in [1.82, 2.24) is 14.9 Å². The van der Waals surface area contributed by atoms with Crippen LogP contribution in [-0.4, -0.2) is 42.6 Å². The summed E-state index contributed by atoms with van der Waals surface area (Å²) in [5.74, 6) is 1.87. The van der Waals surface area contributed by atoms with Crippen LogP contribution in [0.4, 0.5) is 5.82 Å². The van der Waals surface area contributed by atoms with Crippen molar-refractivity contribution in [3.63, 3.8) is 0 Å². The fourth-order valence-electron chi connectivity index (χ4n) is 2.26. The molecule has 1 aromatic rings. The molecule has 1 fully saturated rings. The Labute approximate surface area is 97.3 Å². The van der Waals surface area contributed by atoms with Crippen LogP contribution in [0.15, 0.2) is 6.07 Å². The lowest BCUT2D eigenvalue weighted by Gasteiger charge is -2.21. The first-order valence-corrected chi connectivity index (χ1v) is 5.81. The molecule has 0 N–H and O–H groups in total. The number of anilines is 1. The van der Waals surface area contributed by atoms with Gasteiger partial charge in [0.15, 0.2) is 0 Å². The van der Waals surface area contributed by atoms with Crippen molar-refractivity contribution in [2.24, 2.45) is 0 Å². The van der Waals surface area contributed by atoms with Gasteiger partial charge in [0, 0.05) is 20.2 Å². The molecule has 4 heteroatoms. The molecule has 1 saturated heterocycles. The summed E-state index contributed by atoms with van der Waals surface area (Å²) >= 11 is 0. The van der Waals surface area contributed by atoms with Crippen LogP contribution >= 0.6 is 0 Å². The number of hydrogen-bond acceptors (Lipinski definition) is 4. The van der Waals surface area contributed by atoms with Gasteiger partial charge in [-0.2, -0.15) is 0 Å². The summed E-state index contributed by atoms with van der Waals surface area (Å²) in [5, 5.41) is 0. The second-order valence-electron chi connectivity index (χ2n) is 4.73. The van der Waals surface area contributed by atoms with E-state index in [-0.39, 0.29) is 0 Å². The molecule has 0 aromatic carbocycles. The molecule has 1 atom stereocenters. The molecule has 0 spiro atoms. The highest BCUT2D eigenvalue weighted by atomic mass is 15.2. The number of aryl methyl sites for hydroxylation is 1. The number of nitrogens with zero attached hydrogens (tertiary/aromatic N) is 4. The molecule has 0 amide bonds. The molecule has 1 aliphatic rings. The number of aromatic nitrogens is 2. The third-order valence-electron chi connectivity index (χ3n) is 3.16. The number of hydrogen-bond donors (Lipinski definition) is 0. The van der Waals surface area contributed by atoms with Gasteiger partial charge >= 0.3 is 0 Å². The molecule has 0 radical (unpaired) electrons. The average molecular weight is 220 g/mol. The molecular weight excluding hydrogens is 200 g/mol. The Morgan fingerprint density at radius 3 is 2.69 bits per heavy atom. The highest BCUT2D eigenvalue weighted by Gasteiger charge is 2.24. The SMILES string of the molecule is Cc1nc([C@H]2CCCN2C)cc(N(C)C)n1. The van der Waals surface area contributed by atoms with E-state index in [4.69, 9.17) is 0 Å². The molecule has 4 nitrogen and oxygen atoms in total. The lowest BCUT2D eigenvalue weighted by Crippen LogP contribution is -2.20. The fourth-order valence-corrected chi connectivity index (χ4v) is 2.26. The van der Waals surface area contributed by atoms with Gasteiger partial charge in [0.25, 0.3) is 0 Å². The lowest BCUT2D eigenvalue weighted by atomic mass is 10.1. The average Bonchev–Trinajstić information content (AvgIpc) is 2.63. The van der Waals surface area contributed by atoms with Gasteiger partial charge in [-0.05, 0) is 33.4 Å². The van der Waals surface area contributed by atoms with Crippen molar-refractivity contribution in [3.8, 4) is 0 Å². The molecule has 16 heavy (non-hydrogen) atoms. The van der Waals surface area contributed by atoms with Gasteiger partial charge < -0.3 is 4.90 Å². The van der Waals surface area contributed by atoms with Gasteiger partial charge in [0.05, 0.1) is 11.7 Å². The van der Waals surface area contributed by atoms with E-state index in [1.165, 1.54) is 19.4 Å². The van der Waals surface area contributed by atoms with Crippen LogP contribution in [0.3, 0.4) is 0 Å². The first kappa shape index (κ1) is 11.3. The van der Waals surface area contributed by atoms with Crippen LogP contribution in [0.25, 0.3) is 0 Å². The Bertz CT molecular complexity index is 375. The zero-order valence-electron chi connectivity index (χ0n) is 10.6. The maximum absolute atomic E-state index is 4.57. The number of rotatable bonds is 2. The first-order chi connectivity index (χ1) is 7.58. The van der Waals surface area contributed by atoms with Gasteiger partial charge in [0.1, 0.15) is 11.6 Å². The number of likely N-dealkylation sites (tertiary alicyclic amines) is 1. The second kappa shape index (κ2) is 4.37. The van der Waals surface area contributed by atoms with Crippen molar-refractivity contribution in [3.05, 3.63) is 17.6 Å². The summed E-state index contributed by atoms with van der Waals surface area (Å²) in [6.07, 6.45) is 2.47. The summed E-state index contributed by atoms with van der Waals surface area (Å²) < 4.78 is 0. The minimum atomic E-state index is 0.473. The zero-order chi connectivity index (χ0) is 11.7.